The van der Waals surface area contributed by atoms with Crippen LogP contribution < -0.4 is 11.1 Å². The number of hydrogen-bond acceptors (Lipinski definition) is 5. The van der Waals surface area contributed by atoms with E-state index in [0.29, 0.717) is 11.6 Å². The fourth-order valence-corrected chi connectivity index (χ4v) is 1.81. The lowest BCUT2D eigenvalue weighted by Crippen LogP contribution is -2.25. The first-order chi connectivity index (χ1) is 9.69. The third-order valence-corrected chi connectivity index (χ3v) is 3.12. The molecule has 0 radical (unpaired) electrons. The number of rotatable bonds is 6. The number of nitrogens with zero attached hydrogens (tertiary/aromatic N) is 3. The predicted octanol–water partition coefficient (Wildman–Crippen LogP) is 2.09. The van der Waals surface area contributed by atoms with E-state index in [1.807, 2.05) is 30.3 Å². The smallest absolute Gasteiger partial charge is 0.163 e. The highest BCUT2D eigenvalue weighted by atomic mass is 15.1. The molecule has 2 rings (SSSR count). The second kappa shape index (κ2) is 6.86. The molecule has 20 heavy (non-hydrogen) atoms. The van der Waals surface area contributed by atoms with Gasteiger partial charge in [0.25, 0.3) is 0 Å². The Morgan fingerprint density at radius 3 is 2.65 bits per heavy atom. The van der Waals surface area contributed by atoms with Crippen molar-refractivity contribution in [3.63, 3.8) is 0 Å². The minimum atomic E-state index is 0.477. The molecule has 0 saturated carbocycles. The van der Waals surface area contributed by atoms with Crippen molar-refractivity contribution in [2.45, 2.75) is 6.92 Å². The molecule has 1 aromatic heterocycles. The maximum atomic E-state index is 5.85. The van der Waals surface area contributed by atoms with Crippen molar-refractivity contribution in [1.82, 2.24) is 14.9 Å². The third kappa shape index (κ3) is 3.93. The first-order valence-corrected chi connectivity index (χ1v) is 6.81. The molecule has 0 aliphatic carbocycles. The molecule has 106 valence electrons. The number of benzene rings is 1. The summed E-state index contributed by atoms with van der Waals surface area (Å²) in [5, 5.41) is 3.29. The minimum Gasteiger partial charge on any atom is -0.384 e. The van der Waals surface area contributed by atoms with E-state index in [1.165, 1.54) is 0 Å². The van der Waals surface area contributed by atoms with Gasteiger partial charge in [0.05, 0.1) is 0 Å². The molecular weight excluding hydrogens is 250 g/mol. The summed E-state index contributed by atoms with van der Waals surface area (Å²) in [7, 11) is 2.09. The van der Waals surface area contributed by atoms with Crippen LogP contribution in [0.3, 0.4) is 0 Å². The second-order valence-electron chi connectivity index (χ2n) is 4.69. The molecule has 1 aromatic carbocycles. The van der Waals surface area contributed by atoms with Gasteiger partial charge >= 0.3 is 0 Å². The highest BCUT2D eigenvalue weighted by Crippen LogP contribution is 2.18. The van der Waals surface area contributed by atoms with E-state index in [-0.39, 0.29) is 0 Å². The van der Waals surface area contributed by atoms with Crippen molar-refractivity contribution in [3.8, 4) is 11.4 Å². The fraction of sp³-hybridized carbons (Fsp3) is 0.333. The van der Waals surface area contributed by atoms with Gasteiger partial charge in [-0.1, -0.05) is 37.3 Å². The summed E-state index contributed by atoms with van der Waals surface area (Å²) in [6.45, 7) is 4.95. The standard InChI is InChI=1S/C15H21N5/c1-3-20(2)10-9-17-14-11-13(16)18-15(19-14)12-7-5-4-6-8-12/h4-8,11H,3,9-10H2,1-2H3,(H3,16,17,18,19). The zero-order valence-electron chi connectivity index (χ0n) is 12.0. The zero-order valence-corrected chi connectivity index (χ0v) is 12.0. The Morgan fingerprint density at radius 2 is 1.95 bits per heavy atom. The maximum absolute atomic E-state index is 5.85. The Hall–Kier alpha value is -2.14. The van der Waals surface area contributed by atoms with Gasteiger partial charge in [0, 0.05) is 24.7 Å². The summed E-state index contributed by atoms with van der Waals surface area (Å²) >= 11 is 0. The van der Waals surface area contributed by atoms with E-state index < -0.39 is 0 Å². The van der Waals surface area contributed by atoms with E-state index in [4.69, 9.17) is 5.73 Å². The van der Waals surface area contributed by atoms with Gasteiger partial charge in [-0.3, -0.25) is 0 Å². The monoisotopic (exact) mass is 271 g/mol. The molecule has 2 aromatic rings. The molecule has 0 bridgehead atoms. The lowest BCUT2D eigenvalue weighted by Gasteiger charge is -2.14. The Bertz CT molecular complexity index is 541. The fourth-order valence-electron chi connectivity index (χ4n) is 1.81. The average molecular weight is 271 g/mol. The van der Waals surface area contributed by atoms with Gasteiger partial charge in [0.15, 0.2) is 5.82 Å². The average Bonchev–Trinajstić information content (AvgIpc) is 2.47. The van der Waals surface area contributed by atoms with Crippen LogP contribution in [-0.2, 0) is 0 Å². The quantitative estimate of drug-likeness (QED) is 0.842. The van der Waals surface area contributed by atoms with Crippen molar-refractivity contribution in [1.29, 1.82) is 0 Å². The predicted molar refractivity (Wildman–Crippen MR) is 83.5 cm³/mol. The highest BCUT2D eigenvalue weighted by Gasteiger charge is 2.05. The summed E-state index contributed by atoms with van der Waals surface area (Å²) < 4.78 is 0. The van der Waals surface area contributed by atoms with Crippen molar-refractivity contribution in [3.05, 3.63) is 36.4 Å². The molecule has 0 aliphatic rings. The van der Waals surface area contributed by atoms with E-state index in [2.05, 4.69) is 34.2 Å². The van der Waals surface area contributed by atoms with Crippen LogP contribution in [0.5, 0.6) is 0 Å². The van der Waals surface area contributed by atoms with Crippen LogP contribution in [0.4, 0.5) is 11.6 Å². The van der Waals surface area contributed by atoms with E-state index in [1.54, 1.807) is 6.07 Å². The number of hydrogen-bond donors (Lipinski definition) is 2. The molecule has 0 saturated heterocycles. The number of aromatic nitrogens is 2. The molecule has 0 unspecified atom stereocenters. The molecule has 3 N–H and O–H groups in total. The van der Waals surface area contributed by atoms with Crippen LogP contribution in [0.25, 0.3) is 11.4 Å². The summed E-state index contributed by atoms with van der Waals surface area (Å²) in [4.78, 5) is 11.0. The molecular formula is C15H21N5. The number of nitrogens with two attached hydrogens (primary N) is 1. The molecule has 1 heterocycles. The Kier molecular flexibility index (Phi) is 4.90. The van der Waals surface area contributed by atoms with Gasteiger partial charge in [-0.15, -0.1) is 0 Å². The Morgan fingerprint density at radius 1 is 1.20 bits per heavy atom. The first kappa shape index (κ1) is 14.3. The lowest BCUT2D eigenvalue weighted by atomic mass is 10.2. The summed E-state index contributed by atoms with van der Waals surface area (Å²) in [6.07, 6.45) is 0. The molecule has 0 amide bonds. The topological polar surface area (TPSA) is 67.1 Å². The van der Waals surface area contributed by atoms with Gasteiger partial charge in [-0.05, 0) is 13.6 Å². The van der Waals surface area contributed by atoms with Crippen LogP contribution in [0.2, 0.25) is 0 Å². The molecule has 0 atom stereocenters. The minimum absolute atomic E-state index is 0.477. The SMILES string of the molecule is CCN(C)CCNc1cc(N)nc(-c2ccccc2)n1. The summed E-state index contributed by atoms with van der Waals surface area (Å²) in [5.41, 5.74) is 6.82. The first-order valence-electron chi connectivity index (χ1n) is 6.81. The Labute approximate surface area is 119 Å². The van der Waals surface area contributed by atoms with Gasteiger partial charge in [-0.25, -0.2) is 9.97 Å². The van der Waals surface area contributed by atoms with E-state index in [0.717, 1.165) is 31.0 Å². The van der Waals surface area contributed by atoms with Crippen molar-refractivity contribution in [2.24, 2.45) is 0 Å². The van der Waals surface area contributed by atoms with E-state index in [9.17, 15) is 0 Å². The van der Waals surface area contributed by atoms with Gasteiger partial charge in [0.2, 0.25) is 0 Å². The van der Waals surface area contributed by atoms with E-state index >= 15 is 0 Å². The van der Waals surface area contributed by atoms with Crippen LogP contribution in [0, 0.1) is 0 Å². The highest BCUT2D eigenvalue weighted by molar-refractivity contribution is 5.60. The van der Waals surface area contributed by atoms with Crippen LogP contribution >= 0.6 is 0 Å². The van der Waals surface area contributed by atoms with Crippen molar-refractivity contribution >= 4 is 11.6 Å². The third-order valence-electron chi connectivity index (χ3n) is 3.12. The number of nitrogen functional groups attached to an aromatic ring is 1. The molecule has 0 aliphatic heterocycles. The van der Waals surface area contributed by atoms with Crippen LogP contribution in [0.15, 0.2) is 36.4 Å². The largest absolute Gasteiger partial charge is 0.384 e. The maximum Gasteiger partial charge on any atom is 0.163 e. The second-order valence-corrected chi connectivity index (χ2v) is 4.69. The van der Waals surface area contributed by atoms with Crippen molar-refractivity contribution in [2.75, 3.05) is 37.7 Å². The van der Waals surface area contributed by atoms with Crippen LogP contribution in [0.1, 0.15) is 6.92 Å². The molecule has 0 spiro atoms. The van der Waals surface area contributed by atoms with Gasteiger partial charge < -0.3 is 16.0 Å². The zero-order chi connectivity index (χ0) is 14.4. The number of likely N-dealkylation sites (N-methyl/N-ethyl adjacent to an activating group) is 1. The van der Waals surface area contributed by atoms with Crippen LogP contribution in [-0.4, -0.2) is 41.5 Å². The summed E-state index contributed by atoms with van der Waals surface area (Å²) in [5.74, 6) is 1.89. The molecule has 5 nitrogen and oxygen atoms in total. The normalized spacial score (nSPS) is 10.8. The Balaban J connectivity index is 2.09. The number of nitrogens with one attached hydrogen (secondary N) is 1. The molecule has 5 heteroatoms. The summed E-state index contributed by atoms with van der Waals surface area (Å²) in [6, 6.07) is 11.6. The van der Waals surface area contributed by atoms with Crippen molar-refractivity contribution < 1.29 is 0 Å². The molecule has 0 fully saturated rings. The van der Waals surface area contributed by atoms with Gasteiger partial charge in [0.1, 0.15) is 11.6 Å². The van der Waals surface area contributed by atoms with Gasteiger partial charge in [-0.2, -0.15) is 0 Å². The lowest BCUT2D eigenvalue weighted by molar-refractivity contribution is 0.367. The number of anilines is 2.